The molecule has 0 aliphatic rings. The number of methoxy groups -OCH3 is 1. The lowest BCUT2D eigenvalue weighted by molar-refractivity contribution is -0.145. The van der Waals surface area contributed by atoms with Gasteiger partial charge in [0.1, 0.15) is 0 Å². The highest BCUT2D eigenvalue weighted by molar-refractivity contribution is 5.87. The van der Waals surface area contributed by atoms with Gasteiger partial charge in [-0.25, -0.2) is 0 Å². The van der Waals surface area contributed by atoms with Crippen LogP contribution in [0.15, 0.2) is 65.8 Å². The molecule has 0 unspecified atom stereocenters. The van der Waals surface area contributed by atoms with Crippen molar-refractivity contribution in [2.75, 3.05) is 7.11 Å². The molecule has 0 radical (unpaired) electrons. The van der Waals surface area contributed by atoms with Crippen LogP contribution in [0, 0.1) is 0 Å². The van der Waals surface area contributed by atoms with Crippen molar-refractivity contribution in [2.45, 2.75) is 5.54 Å². The van der Waals surface area contributed by atoms with Crippen molar-refractivity contribution in [2.24, 2.45) is 5.11 Å². The van der Waals surface area contributed by atoms with Crippen molar-refractivity contribution in [1.82, 2.24) is 0 Å². The average molecular weight is 267 g/mol. The van der Waals surface area contributed by atoms with Gasteiger partial charge in [-0.2, -0.15) is 0 Å². The van der Waals surface area contributed by atoms with E-state index in [4.69, 9.17) is 10.3 Å². The highest BCUT2D eigenvalue weighted by Gasteiger charge is 2.42. The molecule has 0 N–H and O–H groups in total. The zero-order valence-corrected chi connectivity index (χ0v) is 10.9. The van der Waals surface area contributed by atoms with Crippen molar-refractivity contribution in [3.8, 4) is 0 Å². The van der Waals surface area contributed by atoms with Gasteiger partial charge in [-0.1, -0.05) is 65.8 Å². The average Bonchev–Trinajstić information content (AvgIpc) is 2.53. The van der Waals surface area contributed by atoms with E-state index in [9.17, 15) is 4.79 Å². The fraction of sp³-hybridized carbons (Fsp3) is 0.133. The van der Waals surface area contributed by atoms with Gasteiger partial charge in [0.05, 0.1) is 7.11 Å². The number of esters is 1. The summed E-state index contributed by atoms with van der Waals surface area (Å²) in [6, 6.07) is 17.7. The second-order valence-corrected chi connectivity index (χ2v) is 4.12. The lowest BCUT2D eigenvalue weighted by atomic mass is 9.83. The molecule has 100 valence electrons. The summed E-state index contributed by atoms with van der Waals surface area (Å²) in [5, 5.41) is 3.77. The number of carbonyl (C=O) groups is 1. The van der Waals surface area contributed by atoms with Gasteiger partial charge in [0.15, 0.2) is 5.54 Å². The maximum absolute atomic E-state index is 12.3. The third kappa shape index (κ3) is 2.22. The molecule has 0 atom stereocenters. The summed E-state index contributed by atoms with van der Waals surface area (Å²) in [6.45, 7) is 0. The number of hydrogen-bond donors (Lipinski definition) is 0. The predicted molar refractivity (Wildman–Crippen MR) is 74.8 cm³/mol. The van der Waals surface area contributed by atoms with Crippen LogP contribution in [0.1, 0.15) is 11.1 Å². The summed E-state index contributed by atoms with van der Waals surface area (Å²) in [7, 11) is 1.27. The van der Waals surface area contributed by atoms with E-state index in [1.54, 1.807) is 48.5 Å². The first-order valence-electron chi connectivity index (χ1n) is 6.01. The molecule has 5 heteroatoms. The Hall–Kier alpha value is -2.78. The maximum Gasteiger partial charge on any atom is 0.326 e. The number of rotatable bonds is 4. The van der Waals surface area contributed by atoms with Crippen LogP contribution in [-0.2, 0) is 15.1 Å². The zero-order valence-electron chi connectivity index (χ0n) is 10.9. The summed E-state index contributed by atoms with van der Waals surface area (Å²) < 4.78 is 4.87. The number of benzene rings is 2. The number of carbonyl (C=O) groups excluding carboxylic acids is 1. The van der Waals surface area contributed by atoms with E-state index in [1.165, 1.54) is 7.11 Å². The Morgan fingerprint density at radius 3 is 1.85 bits per heavy atom. The van der Waals surface area contributed by atoms with E-state index in [-0.39, 0.29) is 0 Å². The summed E-state index contributed by atoms with van der Waals surface area (Å²) in [6.07, 6.45) is 0. The Morgan fingerprint density at radius 2 is 1.50 bits per heavy atom. The molecule has 0 fully saturated rings. The normalized spacial score (nSPS) is 10.4. The lowest BCUT2D eigenvalue weighted by Gasteiger charge is -2.26. The Kier molecular flexibility index (Phi) is 4.03. The van der Waals surface area contributed by atoms with E-state index >= 15 is 0 Å². The smallest absolute Gasteiger partial charge is 0.326 e. The van der Waals surface area contributed by atoms with Crippen LogP contribution in [0.4, 0.5) is 0 Å². The van der Waals surface area contributed by atoms with Crippen molar-refractivity contribution in [1.29, 1.82) is 0 Å². The van der Waals surface area contributed by atoms with Gasteiger partial charge in [0.2, 0.25) is 0 Å². The minimum Gasteiger partial charge on any atom is -0.468 e. The Labute approximate surface area is 116 Å². The van der Waals surface area contributed by atoms with Crippen molar-refractivity contribution < 1.29 is 9.53 Å². The van der Waals surface area contributed by atoms with Gasteiger partial charge in [-0.05, 0) is 16.7 Å². The molecular formula is C15H13N3O2. The lowest BCUT2D eigenvalue weighted by Crippen LogP contribution is -2.35. The first-order valence-corrected chi connectivity index (χ1v) is 6.01. The van der Waals surface area contributed by atoms with E-state index in [1.807, 2.05) is 12.1 Å². The van der Waals surface area contributed by atoms with Gasteiger partial charge >= 0.3 is 5.97 Å². The van der Waals surface area contributed by atoms with Crippen molar-refractivity contribution in [3.63, 3.8) is 0 Å². The fourth-order valence-corrected chi connectivity index (χ4v) is 2.13. The van der Waals surface area contributed by atoms with Gasteiger partial charge in [-0.15, -0.1) is 0 Å². The SMILES string of the molecule is COC(=O)C(N=[N+]=[N-])(c1ccccc1)c1ccccc1. The first-order chi connectivity index (χ1) is 9.75. The maximum atomic E-state index is 12.3. The third-order valence-corrected chi connectivity index (χ3v) is 3.06. The molecule has 0 amide bonds. The van der Waals surface area contributed by atoms with Gasteiger partial charge in [0.25, 0.3) is 0 Å². The van der Waals surface area contributed by atoms with E-state index in [0.717, 1.165) is 0 Å². The minimum atomic E-state index is -1.51. The molecule has 0 spiro atoms. The predicted octanol–water partition coefficient (Wildman–Crippen LogP) is 3.41. The van der Waals surface area contributed by atoms with Gasteiger partial charge < -0.3 is 4.74 Å². The van der Waals surface area contributed by atoms with Crippen LogP contribution in [-0.4, -0.2) is 13.1 Å². The molecule has 20 heavy (non-hydrogen) atoms. The van der Waals surface area contributed by atoms with Crippen LogP contribution >= 0.6 is 0 Å². The Bertz CT molecular complexity index is 595. The number of azide groups is 1. The van der Waals surface area contributed by atoms with Crippen LogP contribution in [0.25, 0.3) is 10.4 Å². The molecule has 2 rings (SSSR count). The largest absolute Gasteiger partial charge is 0.468 e. The molecule has 0 saturated heterocycles. The van der Waals surface area contributed by atoms with Crippen molar-refractivity contribution >= 4 is 5.97 Å². The van der Waals surface area contributed by atoms with Gasteiger partial charge in [0, 0.05) is 4.91 Å². The minimum absolute atomic E-state index is 0.566. The molecule has 5 nitrogen and oxygen atoms in total. The molecular weight excluding hydrogens is 254 g/mol. The number of hydrogen-bond acceptors (Lipinski definition) is 3. The molecule has 0 heterocycles. The topological polar surface area (TPSA) is 75.1 Å². The number of nitrogens with zero attached hydrogens (tertiary/aromatic N) is 3. The summed E-state index contributed by atoms with van der Waals surface area (Å²) >= 11 is 0. The standard InChI is InChI=1S/C15H13N3O2/c1-20-14(19)15(17-18-16,12-8-4-2-5-9-12)13-10-6-3-7-11-13/h2-11H,1H3. The molecule has 0 aliphatic carbocycles. The summed E-state index contributed by atoms with van der Waals surface area (Å²) in [5.74, 6) is -0.618. The molecule has 0 aliphatic heterocycles. The van der Waals surface area contributed by atoms with Crippen LogP contribution < -0.4 is 0 Å². The number of ether oxygens (including phenoxy) is 1. The quantitative estimate of drug-likeness (QED) is 0.368. The molecule has 0 saturated carbocycles. The Balaban J connectivity index is 2.76. The summed E-state index contributed by atoms with van der Waals surface area (Å²) in [5.41, 5.74) is 8.54. The van der Waals surface area contributed by atoms with E-state index < -0.39 is 11.5 Å². The van der Waals surface area contributed by atoms with Crippen LogP contribution in [0.5, 0.6) is 0 Å². The second kappa shape index (κ2) is 5.91. The van der Waals surface area contributed by atoms with Crippen molar-refractivity contribution in [3.05, 3.63) is 82.2 Å². The molecule has 2 aromatic carbocycles. The highest BCUT2D eigenvalue weighted by Crippen LogP contribution is 2.35. The molecule has 2 aromatic rings. The zero-order chi connectivity index (χ0) is 14.4. The van der Waals surface area contributed by atoms with E-state index in [2.05, 4.69) is 10.0 Å². The first kappa shape index (κ1) is 13.6. The van der Waals surface area contributed by atoms with Crippen LogP contribution in [0.2, 0.25) is 0 Å². The van der Waals surface area contributed by atoms with Gasteiger partial charge in [-0.3, -0.25) is 4.79 Å². The fourth-order valence-electron chi connectivity index (χ4n) is 2.13. The van der Waals surface area contributed by atoms with Crippen LogP contribution in [0.3, 0.4) is 0 Å². The van der Waals surface area contributed by atoms with E-state index in [0.29, 0.717) is 11.1 Å². The monoisotopic (exact) mass is 267 g/mol. The Morgan fingerprint density at radius 1 is 1.05 bits per heavy atom. The highest BCUT2D eigenvalue weighted by atomic mass is 16.5. The summed E-state index contributed by atoms with van der Waals surface area (Å²) in [4.78, 5) is 15.2. The molecule has 0 bridgehead atoms. The third-order valence-electron chi connectivity index (χ3n) is 3.06. The second-order valence-electron chi connectivity index (χ2n) is 4.12. The molecule has 0 aromatic heterocycles.